The summed E-state index contributed by atoms with van der Waals surface area (Å²) in [5.74, 6) is 0. The number of rotatable bonds is 3. The number of hydrogen-bond acceptors (Lipinski definition) is 2. The monoisotopic (exact) mass is 160 g/mol. The average Bonchev–Trinajstić information content (AvgIpc) is 1.59. The molecule has 0 heterocycles. The van der Waals surface area contributed by atoms with Gasteiger partial charge in [-0.05, 0) is 0 Å². The first-order valence-corrected chi connectivity index (χ1v) is 4.65. The first kappa shape index (κ1) is 8.26. The Morgan fingerprint density at radius 3 is 2.25 bits per heavy atom. The summed E-state index contributed by atoms with van der Waals surface area (Å²) in [6.45, 7) is 1.93. The Kier molecular flexibility index (Phi) is 3.43. The van der Waals surface area contributed by atoms with Crippen LogP contribution in [-0.2, 0) is 22.4 Å². The van der Waals surface area contributed by atoms with Gasteiger partial charge in [0.15, 0.2) is 0 Å². The second kappa shape index (κ2) is 3.32. The van der Waals surface area contributed by atoms with Crippen LogP contribution < -0.4 is 0 Å². The first-order chi connectivity index (χ1) is 3.56. The molecule has 0 aliphatic carbocycles. The fourth-order valence-electron chi connectivity index (χ4n) is 0.210. The normalized spacial score (nSPS) is 11.9. The van der Waals surface area contributed by atoms with Gasteiger partial charge in [-0.1, -0.05) is 0 Å². The van der Waals surface area contributed by atoms with Crippen molar-refractivity contribution in [1.82, 2.24) is 0 Å². The Bertz CT molecular complexity index is 95.5. The number of hydrogen-bond donors (Lipinski definition) is 2. The van der Waals surface area contributed by atoms with Gasteiger partial charge in [0.05, 0.1) is 0 Å². The van der Waals surface area contributed by atoms with E-state index in [1.165, 1.54) is 0 Å². The SMILES string of the molecule is CCC[O][V](=[O])([OH])[OH]. The van der Waals surface area contributed by atoms with E-state index in [0.29, 0.717) is 6.42 Å². The van der Waals surface area contributed by atoms with Gasteiger partial charge in [-0.3, -0.25) is 0 Å². The molecule has 0 aromatic heterocycles. The Morgan fingerprint density at radius 1 is 1.62 bits per heavy atom. The van der Waals surface area contributed by atoms with Crippen LogP contribution in [0, 0.1) is 0 Å². The van der Waals surface area contributed by atoms with E-state index in [-0.39, 0.29) is 6.61 Å². The molecule has 50 valence electrons. The third-order valence-corrected chi connectivity index (χ3v) is 1.27. The Labute approximate surface area is 51.0 Å². The maximum absolute atomic E-state index is 9.92. The zero-order valence-electron chi connectivity index (χ0n) is 4.57. The van der Waals surface area contributed by atoms with Crippen LogP contribution in [0.15, 0.2) is 0 Å². The van der Waals surface area contributed by atoms with Crippen LogP contribution in [0.25, 0.3) is 0 Å². The predicted molar refractivity (Wildman–Crippen MR) is 21.4 cm³/mol. The fraction of sp³-hybridized carbons (Fsp3) is 1.00. The van der Waals surface area contributed by atoms with Crippen molar-refractivity contribution in [3.05, 3.63) is 0 Å². The molecule has 4 nitrogen and oxygen atoms in total. The molecule has 0 spiro atoms. The van der Waals surface area contributed by atoms with Crippen molar-refractivity contribution in [3.8, 4) is 0 Å². The minimum atomic E-state index is -4.72. The summed E-state index contributed by atoms with van der Waals surface area (Å²) < 4.78 is 30.2. The molecular weight excluding hydrogens is 151 g/mol. The predicted octanol–water partition coefficient (Wildman–Crippen LogP) is -0.358. The van der Waals surface area contributed by atoms with E-state index >= 15 is 0 Å². The van der Waals surface area contributed by atoms with Gasteiger partial charge in [0.2, 0.25) is 0 Å². The molecule has 0 radical (unpaired) electrons. The van der Waals surface area contributed by atoms with Crippen molar-refractivity contribution in [2.45, 2.75) is 13.3 Å². The van der Waals surface area contributed by atoms with Crippen molar-refractivity contribution in [3.63, 3.8) is 0 Å². The van der Waals surface area contributed by atoms with Crippen molar-refractivity contribution < 1.29 is 30.4 Å². The third kappa shape index (κ3) is 6.26. The molecule has 0 saturated carbocycles. The van der Waals surface area contributed by atoms with Gasteiger partial charge < -0.3 is 0 Å². The second-order valence-corrected chi connectivity index (χ2v) is 3.26. The van der Waals surface area contributed by atoms with Crippen LogP contribution in [-0.4, -0.2) is 14.7 Å². The van der Waals surface area contributed by atoms with E-state index < -0.39 is 15.0 Å². The molecule has 8 heavy (non-hydrogen) atoms. The van der Waals surface area contributed by atoms with Crippen LogP contribution in [0.1, 0.15) is 13.3 Å². The molecule has 0 rings (SSSR count). The van der Waals surface area contributed by atoms with Crippen LogP contribution >= 0.6 is 0 Å². The van der Waals surface area contributed by atoms with Crippen LogP contribution in [0.3, 0.4) is 0 Å². The van der Waals surface area contributed by atoms with Crippen molar-refractivity contribution in [1.29, 1.82) is 0 Å². The van der Waals surface area contributed by atoms with E-state index in [0.717, 1.165) is 0 Å². The first-order valence-electron chi connectivity index (χ1n) is 2.26. The second-order valence-electron chi connectivity index (χ2n) is 1.32. The molecule has 0 bridgehead atoms. The average molecular weight is 160 g/mol. The zero-order chi connectivity index (χ0) is 6.62. The molecule has 0 unspecified atom stereocenters. The summed E-state index contributed by atoms with van der Waals surface area (Å²) in [6.07, 6.45) is 0.631. The van der Waals surface area contributed by atoms with E-state index in [2.05, 4.69) is 3.66 Å². The molecule has 0 aromatic rings. The minimum absolute atomic E-state index is 0.142. The van der Waals surface area contributed by atoms with Crippen LogP contribution in [0.5, 0.6) is 0 Å². The van der Waals surface area contributed by atoms with Gasteiger partial charge in [-0.2, -0.15) is 0 Å². The van der Waals surface area contributed by atoms with Gasteiger partial charge in [-0.25, -0.2) is 0 Å². The van der Waals surface area contributed by atoms with E-state index in [4.69, 9.17) is 8.06 Å². The summed E-state index contributed by atoms with van der Waals surface area (Å²) in [7, 11) is 0. The van der Waals surface area contributed by atoms with E-state index in [1.807, 2.05) is 0 Å². The van der Waals surface area contributed by atoms with Gasteiger partial charge >= 0.3 is 50.4 Å². The van der Waals surface area contributed by atoms with E-state index in [9.17, 15) is 3.67 Å². The molecular formula is C3H9O4V. The fourth-order valence-corrected chi connectivity index (χ4v) is 0.867. The summed E-state index contributed by atoms with van der Waals surface area (Å²) in [6, 6.07) is 0. The van der Waals surface area contributed by atoms with Crippen molar-refractivity contribution in [2.75, 3.05) is 6.61 Å². The standard InChI is InChI=1S/C3H7O.2H2O.O.V/c1-2-3-4;;;;/h2-3H2,1H3;2*1H2;;/q-1;;;;+3/p-2. The summed E-state index contributed by atoms with van der Waals surface area (Å²) >= 11 is -4.72. The third-order valence-electron chi connectivity index (χ3n) is 0.464. The Hall–Kier alpha value is 0.264. The van der Waals surface area contributed by atoms with Crippen LogP contribution in [0.4, 0.5) is 0 Å². The summed E-state index contributed by atoms with van der Waals surface area (Å²) in [5, 5.41) is 0. The molecule has 0 aromatic carbocycles. The zero-order valence-corrected chi connectivity index (χ0v) is 5.97. The van der Waals surface area contributed by atoms with Crippen molar-refractivity contribution >= 4 is 0 Å². The topological polar surface area (TPSA) is 66.8 Å². The summed E-state index contributed by atoms with van der Waals surface area (Å²) in [4.78, 5) is 0. The molecule has 2 N–H and O–H groups in total. The molecule has 0 amide bonds. The van der Waals surface area contributed by atoms with Crippen LogP contribution in [0.2, 0.25) is 0 Å². The Morgan fingerprint density at radius 2 is 2.12 bits per heavy atom. The molecule has 5 heteroatoms. The molecule has 0 fully saturated rings. The quantitative estimate of drug-likeness (QED) is 0.591. The van der Waals surface area contributed by atoms with Gasteiger partial charge in [0.25, 0.3) is 0 Å². The maximum atomic E-state index is 9.92. The van der Waals surface area contributed by atoms with Crippen molar-refractivity contribution in [2.24, 2.45) is 0 Å². The molecule has 0 aliphatic rings. The van der Waals surface area contributed by atoms with Gasteiger partial charge in [-0.15, -0.1) is 0 Å². The van der Waals surface area contributed by atoms with E-state index in [1.54, 1.807) is 6.92 Å². The Balaban J connectivity index is 3.26. The molecule has 0 saturated heterocycles. The summed E-state index contributed by atoms with van der Waals surface area (Å²) in [5.41, 5.74) is 0. The van der Waals surface area contributed by atoms with Gasteiger partial charge in [0.1, 0.15) is 0 Å². The molecule has 0 atom stereocenters. The molecule has 0 aliphatic heterocycles. The van der Waals surface area contributed by atoms with Gasteiger partial charge in [0, 0.05) is 0 Å².